The Morgan fingerprint density at radius 1 is 1.03 bits per heavy atom. The lowest BCUT2D eigenvalue weighted by atomic mass is 9.91. The second-order valence-electron chi connectivity index (χ2n) is 9.62. The van der Waals surface area contributed by atoms with Crippen molar-refractivity contribution in [1.82, 2.24) is 4.90 Å². The Kier molecular flexibility index (Phi) is 9.47. The molecule has 0 aliphatic rings. The predicted molar refractivity (Wildman–Crippen MR) is 116 cm³/mol. The third-order valence-electron chi connectivity index (χ3n) is 4.36. The molecule has 0 spiro atoms. The van der Waals surface area contributed by atoms with Crippen LogP contribution in [-0.4, -0.2) is 56.9 Å². The molecular weight excluding hydrogens is 458 g/mol. The molecule has 10 nitrogen and oxygen atoms in total. The Hall–Kier alpha value is -3.31. The fraction of sp³-hybridized carbons (Fsp3) is 0.591. The highest BCUT2D eigenvalue weighted by Crippen LogP contribution is 2.28. The molecule has 34 heavy (non-hydrogen) atoms. The first kappa shape index (κ1) is 28.7. The molecule has 0 aliphatic carbocycles. The summed E-state index contributed by atoms with van der Waals surface area (Å²) < 4.78 is 38.3. The van der Waals surface area contributed by atoms with E-state index in [1.165, 1.54) is 47.6 Å². The van der Waals surface area contributed by atoms with Crippen LogP contribution in [0, 0.1) is 21.7 Å². The third-order valence-corrected chi connectivity index (χ3v) is 4.36. The molecule has 1 N–H and O–H groups in total. The summed E-state index contributed by atoms with van der Waals surface area (Å²) in [5.41, 5.74) is -2.49. The van der Waals surface area contributed by atoms with Crippen molar-refractivity contribution in [2.75, 3.05) is 6.54 Å². The van der Waals surface area contributed by atoms with Crippen LogP contribution in [0.2, 0.25) is 0 Å². The van der Waals surface area contributed by atoms with Gasteiger partial charge in [0.15, 0.2) is 11.6 Å². The number of hydrogen-bond acceptors (Lipinski definition) is 7. The second kappa shape index (κ2) is 11.2. The Morgan fingerprint density at radius 3 is 1.94 bits per heavy atom. The first-order chi connectivity index (χ1) is 15.4. The summed E-state index contributed by atoms with van der Waals surface area (Å²) in [6, 6.07) is 1.32. The Balaban J connectivity index is 3.34. The molecule has 0 saturated heterocycles. The van der Waals surface area contributed by atoms with Gasteiger partial charge in [0.05, 0.1) is 5.92 Å². The summed E-state index contributed by atoms with van der Waals surface area (Å²) in [6.07, 6.45) is -3.46. The molecule has 0 fully saturated rings. The van der Waals surface area contributed by atoms with E-state index in [4.69, 9.17) is 9.47 Å². The number of carbonyl (C=O) groups excluding carboxylic acids is 2. The number of benzene rings is 1. The SMILES string of the molecule is CC(C)(C)OC(=O)N(C(=O)OC(C)(C)C)[C@H](CCC(C[N+](=O)[O-])c1cccc(F)c1F)C(=O)O. The van der Waals surface area contributed by atoms with Gasteiger partial charge in [-0.2, -0.15) is 4.90 Å². The lowest BCUT2D eigenvalue weighted by Gasteiger charge is -2.32. The molecule has 0 aliphatic heterocycles. The summed E-state index contributed by atoms with van der Waals surface area (Å²) in [5, 5.41) is 20.9. The minimum absolute atomic E-state index is 0.282. The first-order valence-electron chi connectivity index (χ1n) is 10.5. The highest BCUT2D eigenvalue weighted by Gasteiger charge is 2.41. The van der Waals surface area contributed by atoms with E-state index in [1.54, 1.807) is 0 Å². The molecule has 1 unspecified atom stereocenters. The zero-order valence-corrected chi connectivity index (χ0v) is 20.0. The molecular formula is C22H30F2N2O8. The summed E-state index contributed by atoms with van der Waals surface area (Å²) >= 11 is 0. The van der Waals surface area contributed by atoms with Crippen LogP contribution in [0.4, 0.5) is 18.4 Å². The summed E-state index contributed by atoms with van der Waals surface area (Å²) in [4.78, 5) is 48.2. The van der Waals surface area contributed by atoms with Crippen molar-refractivity contribution in [3.63, 3.8) is 0 Å². The van der Waals surface area contributed by atoms with Crippen LogP contribution in [0.1, 0.15) is 65.9 Å². The maximum Gasteiger partial charge on any atom is 0.420 e. The van der Waals surface area contributed by atoms with Crippen LogP contribution < -0.4 is 0 Å². The van der Waals surface area contributed by atoms with E-state index < -0.39 is 70.8 Å². The minimum Gasteiger partial charge on any atom is -0.480 e. The Labute approximate surface area is 196 Å². The molecule has 0 bridgehead atoms. The molecule has 190 valence electrons. The monoisotopic (exact) mass is 488 g/mol. The summed E-state index contributed by atoms with van der Waals surface area (Å²) in [6.45, 7) is 8.22. The molecule has 1 aromatic rings. The van der Waals surface area contributed by atoms with Gasteiger partial charge in [0.1, 0.15) is 17.2 Å². The lowest BCUT2D eigenvalue weighted by molar-refractivity contribution is -0.483. The quantitative estimate of drug-likeness (QED) is 0.410. The van der Waals surface area contributed by atoms with Gasteiger partial charge in [-0.1, -0.05) is 12.1 Å². The number of amides is 2. The van der Waals surface area contributed by atoms with Crippen LogP contribution in [0.3, 0.4) is 0 Å². The average molecular weight is 488 g/mol. The summed E-state index contributed by atoms with van der Waals surface area (Å²) in [5.74, 6) is -5.36. The number of carbonyl (C=O) groups is 3. The van der Waals surface area contributed by atoms with E-state index in [0.29, 0.717) is 0 Å². The van der Waals surface area contributed by atoms with Gasteiger partial charge < -0.3 is 14.6 Å². The van der Waals surface area contributed by atoms with Crippen LogP contribution in [0.5, 0.6) is 0 Å². The van der Waals surface area contributed by atoms with Crippen LogP contribution in [0.25, 0.3) is 0 Å². The Morgan fingerprint density at radius 2 is 1.53 bits per heavy atom. The van der Waals surface area contributed by atoms with Crippen LogP contribution in [0.15, 0.2) is 18.2 Å². The van der Waals surface area contributed by atoms with Crippen molar-refractivity contribution in [1.29, 1.82) is 0 Å². The Bertz CT molecular complexity index is 896. The topological polar surface area (TPSA) is 136 Å². The van der Waals surface area contributed by atoms with Gasteiger partial charge in [-0.05, 0) is 60.5 Å². The molecule has 1 rings (SSSR count). The maximum absolute atomic E-state index is 14.3. The number of ether oxygens (including phenoxy) is 2. The van der Waals surface area contributed by atoms with Crippen molar-refractivity contribution in [3.05, 3.63) is 45.5 Å². The fourth-order valence-electron chi connectivity index (χ4n) is 3.03. The highest BCUT2D eigenvalue weighted by atomic mass is 19.2. The number of halogens is 2. The molecule has 2 atom stereocenters. The van der Waals surface area contributed by atoms with Crippen LogP contribution in [-0.2, 0) is 14.3 Å². The van der Waals surface area contributed by atoms with E-state index in [0.717, 1.165) is 12.1 Å². The molecule has 0 heterocycles. The van der Waals surface area contributed by atoms with Crippen molar-refractivity contribution >= 4 is 18.2 Å². The van der Waals surface area contributed by atoms with Gasteiger partial charge in [-0.15, -0.1) is 0 Å². The largest absolute Gasteiger partial charge is 0.480 e. The van der Waals surface area contributed by atoms with Gasteiger partial charge in [0.2, 0.25) is 6.54 Å². The number of aliphatic carboxylic acids is 1. The van der Waals surface area contributed by atoms with Gasteiger partial charge in [-0.3, -0.25) is 10.1 Å². The minimum atomic E-state index is -1.85. The van der Waals surface area contributed by atoms with Gasteiger partial charge in [-0.25, -0.2) is 23.2 Å². The number of hydrogen-bond donors (Lipinski definition) is 1. The average Bonchev–Trinajstić information content (AvgIpc) is 2.62. The molecule has 0 aromatic heterocycles. The standard InChI is InChI=1S/C22H30F2N2O8/c1-21(2,3)33-19(29)26(20(30)34-22(4,5)6)16(18(27)28)11-10-13(12-25(31)32)14-8-7-9-15(23)17(14)24/h7-9,13,16H,10-12H2,1-6H3,(H,27,28)/t13?,16-/m1/s1. The molecule has 1 aromatic carbocycles. The summed E-state index contributed by atoms with van der Waals surface area (Å²) in [7, 11) is 0. The second-order valence-corrected chi connectivity index (χ2v) is 9.62. The van der Waals surface area contributed by atoms with E-state index >= 15 is 0 Å². The zero-order valence-electron chi connectivity index (χ0n) is 20.0. The van der Waals surface area contributed by atoms with E-state index in [9.17, 15) is 38.4 Å². The third kappa shape index (κ3) is 8.91. The fourth-order valence-corrected chi connectivity index (χ4v) is 3.03. The zero-order chi connectivity index (χ0) is 26.4. The number of nitro groups is 1. The van der Waals surface area contributed by atoms with Crippen molar-refractivity contribution in [2.24, 2.45) is 0 Å². The molecule has 0 radical (unpaired) electrons. The van der Waals surface area contributed by atoms with Gasteiger partial charge in [0, 0.05) is 10.5 Å². The number of carboxylic acid groups (broad SMARTS) is 1. The highest BCUT2D eigenvalue weighted by molar-refractivity contribution is 5.93. The van der Waals surface area contributed by atoms with Crippen LogP contribution >= 0.6 is 0 Å². The molecule has 12 heteroatoms. The molecule has 2 amide bonds. The van der Waals surface area contributed by atoms with Crippen molar-refractivity contribution in [2.45, 2.75) is 77.5 Å². The number of rotatable bonds is 8. The lowest BCUT2D eigenvalue weighted by Crippen LogP contribution is -2.52. The smallest absolute Gasteiger partial charge is 0.420 e. The van der Waals surface area contributed by atoms with E-state index in [-0.39, 0.29) is 16.9 Å². The number of imide groups is 1. The van der Waals surface area contributed by atoms with Crippen molar-refractivity contribution in [3.8, 4) is 0 Å². The van der Waals surface area contributed by atoms with E-state index in [2.05, 4.69) is 0 Å². The normalized spacial score (nSPS) is 13.5. The number of nitrogens with zero attached hydrogens (tertiary/aromatic N) is 2. The van der Waals surface area contributed by atoms with Crippen molar-refractivity contribution < 1.29 is 42.7 Å². The molecule has 0 saturated carbocycles. The van der Waals surface area contributed by atoms with E-state index in [1.807, 2.05) is 0 Å². The predicted octanol–water partition coefficient (Wildman–Crippen LogP) is 4.73. The number of carboxylic acids is 1. The van der Waals surface area contributed by atoms with Gasteiger partial charge in [0.25, 0.3) is 0 Å². The van der Waals surface area contributed by atoms with Gasteiger partial charge >= 0.3 is 18.2 Å². The maximum atomic E-state index is 14.3. The first-order valence-corrected chi connectivity index (χ1v) is 10.5.